The fraction of sp³-hybridized carbons (Fsp3) is 0.417. The highest BCUT2D eigenvalue weighted by Crippen LogP contribution is 2.39. The topological polar surface area (TPSA) is 59.1 Å². The maximum absolute atomic E-state index is 13.4. The summed E-state index contributed by atoms with van der Waals surface area (Å²) in [6.07, 6.45) is 2.16. The van der Waals surface area contributed by atoms with Crippen molar-refractivity contribution in [2.45, 2.75) is 32.2 Å². The minimum Gasteiger partial charge on any atom is -0.486 e. The first-order chi connectivity index (χ1) is 14.6. The highest BCUT2D eigenvalue weighted by atomic mass is 16.6. The lowest BCUT2D eigenvalue weighted by Gasteiger charge is -2.28. The molecule has 2 atom stereocenters. The van der Waals surface area contributed by atoms with Crippen LogP contribution in [0.3, 0.4) is 0 Å². The number of anilines is 1. The van der Waals surface area contributed by atoms with Crippen molar-refractivity contribution in [3.05, 3.63) is 53.6 Å². The van der Waals surface area contributed by atoms with Crippen molar-refractivity contribution < 1.29 is 19.1 Å². The molecule has 2 aromatic carbocycles. The number of ether oxygens (including phenoxy) is 2. The molecule has 0 aromatic heterocycles. The molecule has 2 amide bonds. The van der Waals surface area contributed by atoms with Crippen molar-refractivity contribution in [3.8, 4) is 11.5 Å². The molecule has 6 heteroatoms. The van der Waals surface area contributed by atoms with E-state index in [0.29, 0.717) is 19.8 Å². The van der Waals surface area contributed by atoms with Crippen molar-refractivity contribution in [2.75, 3.05) is 31.2 Å². The fourth-order valence-corrected chi connectivity index (χ4v) is 4.73. The van der Waals surface area contributed by atoms with Gasteiger partial charge in [-0.3, -0.25) is 9.59 Å². The quantitative estimate of drug-likeness (QED) is 0.783. The average Bonchev–Trinajstić information content (AvgIpc) is 3.41. The predicted octanol–water partition coefficient (Wildman–Crippen LogP) is 3.48. The van der Waals surface area contributed by atoms with Gasteiger partial charge in [0, 0.05) is 25.2 Å². The number of carbonyl (C=O) groups is 2. The normalized spacial score (nSPS) is 23.2. The summed E-state index contributed by atoms with van der Waals surface area (Å²) in [5.41, 5.74) is 3.09. The van der Waals surface area contributed by atoms with E-state index in [1.54, 1.807) is 4.90 Å². The summed E-state index contributed by atoms with van der Waals surface area (Å²) in [4.78, 5) is 29.7. The molecule has 2 fully saturated rings. The number of likely N-dealkylation sites (tertiary alicyclic amines) is 1. The molecular formula is C24H26N2O4. The van der Waals surface area contributed by atoms with E-state index < -0.39 is 0 Å². The Morgan fingerprint density at radius 3 is 2.60 bits per heavy atom. The largest absolute Gasteiger partial charge is 0.486 e. The lowest BCUT2D eigenvalue weighted by molar-refractivity contribution is -0.136. The van der Waals surface area contributed by atoms with Crippen LogP contribution in [0.5, 0.6) is 11.5 Å². The van der Waals surface area contributed by atoms with E-state index in [4.69, 9.17) is 9.47 Å². The molecule has 6 nitrogen and oxygen atoms in total. The third kappa shape index (κ3) is 3.40. The van der Waals surface area contributed by atoms with E-state index in [1.807, 2.05) is 54.3 Å². The number of carbonyl (C=O) groups excluding carboxylic acids is 2. The molecule has 156 valence electrons. The lowest BCUT2D eigenvalue weighted by atomic mass is 10.0. The summed E-state index contributed by atoms with van der Waals surface area (Å²) in [6, 6.07) is 13.9. The Hall–Kier alpha value is -3.02. The molecule has 0 N–H and O–H groups in total. The van der Waals surface area contributed by atoms with Crippen LogP contribution in [0.4, 0.5) is 5.69 Å². The van der Waals surface area contributed by atoms with Gasteiger partial charge in [-0.1, -0.05) is 23.8 Å². The molecule has 0 aliphatic carbocycles. The monoisotopic (exact) mass is 406 g/mol. The van der Waals surface area contributed by atoms with Crippen LogP contribution in [-0.4, -0.2) is 43.0 Å². The van der Waals surface area contributed by atoms with Gasteiger partial charge in [0.2, 0.25) is 11.8 Å². The average molecular weight is 406 g/mol. The number of benzene rings is 2. The Morgan fingerprint density at radius 1 is 1.03 bits per heavy atom. The Balaban J connectivity index is 1.33. The molecular weight excluding hydrogens is 380 g/mol. The molecule has 0 saturated carbocycles. The van der Waals surface area contributed by atoms with Gasteiger partial charge in [-0.25, -0.2) is 0 Å². The van der Waals surface area contributed by atoms with Crippen LogP contribution in [0.1, 0.15) is 36.4 Å². The van der Waals surface area contributed by atoms with Gasteiger partial charge in [0.05, 0.1) is 12.0 Å². The third-order valence-electron chi connectivity index (χ3n) is 6.31. The molecule has 3 aliphatic heterocycles. The van der Waals surface area contributed by atoms with E-state index >= 15 is 0 Å². The molecule has 2 aromatic rings. The minimum atomic E-state index is -0.295. The Labute approximate surface area is 176 Å². The second-order valence-electron chi connectivity index (χ2n) is 8.33. The second-order valence-corrected chi connectivity index (χ2v) is 8.33. The summed E-state index contributed by atoms with van der Waals surface area (Å²) in [6.45, 7) is 4.31. The van der Waals surface area contributed by atoms with Gasteiger partial charge < -0.3 is 19.3 Å². The Bertz CT molecular complexity index is 972. The number of rotatable bonds is 3. The standard InChI is InChI=1S/C24H26N2O4/c1-16-4-7-19(8-5-16)26-15-18(14-23(26)27)24(28)25-10-2-3-20(25)17-6-9-21-22(13-17)30-12-11-29-21/h4-9,13,18,20H,2-3,10-12,14-15H2,1H3. The van der Waals surface area contributed by atoms with Crippen LogP contribution in [-0.2, 0) is 9.59 Å². The van der Waals surface area contributed by atoms with E-state index in [9.17, 15) is 9.59 Å². The number of nitrogens with zero attached hydrogens (tertiary/aromatic N) is 2. The van der Waals surface area contributed by atoms with Crippen molar-refractivity contribution in [2.24, 2.45) is 5.92 Å². The van der Waals surface area contributed by atoms with Crippen molar-refractivity contribution in [3.63, 3.8) is 0 Å². The predicted molar refractivity (Wildman–Crippen MR) is 113 cm³/mol. The number of fused-ring (bicyclic) bond motifs is 1. The Kier molecular flexibility index (Phi) is 4.85. The van der Waals surface area contributed by atoms with E-state index in [2.05, 4.69) is 0 Å². The zero-order chi connectivity index (χ0) is 20.7. The zero-order valence-electron chi connectivity index (χ0n) is 17.2. The summed E-state index contributed by atoms with van der Waals surface area (Å²) in [5, 5.41) is 0. The summed E-state index contributed by atoms with van der Waals surface area (Å²) < 4.78 is 11.3. The molecule has 0 bridgehead atoms. The first-order valence-corrected chi connectivity index (χ1v) is 10.7. The van der Waals surface area contributed by atoms with Gasteiger partial charge >= 0.3 is 0 Å². The minimum absolute atomic E-state index is 0.0206. The first-order valence-electron chi connectivity index (χ1n) is 10.7. The van der Waals surface area contributed by atoms with Gasteiger partial charge in [-0.15, -0.1) is 0 Å². The van der Waals surface area contributed by atoms with Crippen molar-refractivity contribution in [1.29, 1.82) is 0 Å². The van der Waals surface area contributed by atoms with Gasteiger partial charge in [0.1, 0.15) is 13.2 Å². The maximum Gasteiger partial charge on any atom is 0.228 e. The van der Waals surface area contributed by atoms with Crippen LogP contribution in [0.15, 0.2) is 42.5 Å². The van der Waals surface area contributed by atoms with E-state index in [0.717, 1.165) is 47.7 Å². The third-order valence-corrected chi connectivity index (χ3v) is 6.31. The summed E-state index contributed by atoms with van der Waals surface area (Å²) in [5.74, 6) is 1.31. The van der Waals surface area contributed by atoms with E-state index in [-0.39, 0.29) is 30.2 Å². The molecule has 5 rings (SSSR count). The molecule has 0 radical (unpaired) electrons. The molecule has 30 heavy (non-hydrogen) atoms. The molecule has 2 saturated heterocycles. The van der Waals surface area contributed by atoms with Crippen LogP contribution < -0.4 is 14.4 Å². The number of hydrogen-bond donors (Lipinski definition) is 0. The van der Waals surface area contributed by atoms with Gasteiger partial charge in [0.15, 0.2) is 11.5 Å². The van der Waals surface area contributed by atoms with Gasteiger partial charge in [-0.05, 0) is 49.6 Å². The van der Waals surface area contributed by atoms with Crippen LogP contribution >= 0.6 is 0 Å². The highest BCUT2D eigenvalue weighted by molar-refractivity contribution is 6.00. The Morgan fingerprint density at radius 2 is 1.80 bits per heavy atom. The van der Waals surface area contributed by atoms with Crippen LogP contribution in [0.25, 0.3) is 0 Å². The van der Waals surface area contributed by atoms with Crippen LogP contribution in [0, 0.1) is 12.8 Å². The lowest BCUT2D eigenvalue weighted by Crippen LogP contribution is -2.37. The molecule has 3 aliphatic rings. The summed E-state index contributed by atoms with van der Waals surface area (Å²) >= 11 is 0. The highest BCUT2D eigenvalue weighted by Gasteiger charge is 2.40. The second kappa shape index (κ2) is 7.67. The van der Waals surface area contributed by atoms with Crippen molar-refractivity contribution >= 4 is 17.5 Å². The fourth-order valence-electron chi connectivity index (χ4n) is 4.73. The first kappa shape index (κ1) is 19.0. The van der Waals surface area contributed by atoms with Crippen molar-refractivity contribution in [1.82, 2.24) is 4.90 Å². The molecule has 3 heterocycles. The molecule has 0 spiro atoms. The SMILES string of the molecule is Cc1ccc(N2CC(C(=O)N3CCCC3c3ccc4c(c3)OCCO4)CC2=O)cc1. The number of hydrogen-bond acceptors (Lipinski definition) is 4. The van der Waals surface area contributed by atoms with Gasteiger partial charge in [-0.2, -0.15) is 0 Å². The van der Waals surface area contributed by atoms with Gasteiger partial charge in [0.25, 0.3) is 0 Å². The summed E-state index contributed by atoms with van der Waals surface area (Å²) in [7, 11) is 0. The smallest absolute Gasteiger partial charge is 0.228 e. The maximum atomic E-state index is 13.4. The van der Waals surface area contributed by atoms with E-state index in [1.165, 1.54) is 0 Å². The number of amides is 2. The number of aryl methyl sites for hydroxylation is 1. The van der Waals surface area contributed by atoms with Crippen LogP contribution in [0.2, 0.25) is 0 Å². The molecule has 2 unspecified atom stereocenters. The zero-order valence-corrected chi connectivity index (χ0v) is 17.2.